The molecular formula is C20H32N6S2. The van der Waals surface area contributed by atoms with Crippen LogP contribution in [0, 0.1) is 13.8 Å². The maximum absolute atomic E-state index is 4.75. The van der Waals surface area contributed by atoms with Crippen LogP contribution < -0.4 is 10.9 Å². The van der Waals surface area contributed by atoms with Crippen LogP contribution in [0.3, 0.4) is 0 Å². The second-order valence-corrected chi connectivity index (χ2v) is 11.0. The van der Waals surface area contributed by atoms with Crippen molar-refractivity contribution >= 4 is 34.1 Å². The molecule has 6 nitrogen and oxygen atoms in total. The van der Waals surface area contributed by atoms with Crippen molar-refractivity contribution in [2.45, 2.75) is 80.3 Å². The maximum atomic E-state index is 4.75. The highest BCUT2D eigenvalue weighted by Crippen LogP contribution is 2.33. The van der Waals surface area contributed by atoms with E-state index in [0.717, 1.165) is 42.6 Å². The number of aryl methyl sites for hydroxylation is 2. The topological polar surface area (TPSA) is 74.6 Å². The van der Waals surface area contributed by atoms with Crippen LogP contribution in [0.5, 0.6) is 0 Å². The molecule has 0 atom stereocenters. The van der Waals surface area contributed by atoms with Gasteiger partial charge in [-0.3, -0.25) is 0 Å². The molecule has 0 unspecified atom stereocenters. The standard InChI is InChI=1S/C20H32N6S2/c1-11-15(13(3)23-25-19(5,6)7)27-17(21-11)18-22-12(2)16(28-18)14(4)24-26-20(8,9)10/h25-26H,1-10H3/b23-13-,24-14+. The number of thiazole rings is 2. The summed E-state index contributed by atoms with van der Waals surface area (Å²) in [6.07, 6.45) is 0. The van der Waals surface area contributed by atoms with Crippen LogP contribution in [0.25, 0.3) is 10.0 Å². The van der Waals surface area contributed by atoms with E-state index in [0.29, 0.717) is 0 Å². The summed E-state index contributed by atoms with van der Waals surface area (Å²) in [5, 5.41) is 10.9. The zero-order valence-corrected chi connectivity index (χ0v) is 20.2. The number of rotatable bonds is 5. The molecule has 0 radical (unpaired) electrons. The van der Waals surface area contributed by atoms with Crippen LogP contribution in [0.1, 0.15) is 76.5 Å². The zero-order valence-electron chi connectivity index (χ0n) is 18.6. The molecule has 0 amide bonds. The molecule has 0 saturated heterocycles. The Morgan fingerprint density at radius 1 is 0.714 bits per heavy atom. The minimum Gasteiger partial charge on any atom is -0.305 e. The summed E-state index contributed by atoms with van der Waals surface area (Å²) in [6.45, 7) is 20.6. The van der Waals surface area contributed by atoms with Gasteiger partial charge in [0.05, 0.1) is 32.6 Å². The predicted octanol–water partition coefficient (Wildman–Crippen LogP) is 5.11. The fourth-order valence-corrected chi connectivity index (χ4v) is 4.29. The number of nitrogens with zero attached hydrogens (tertiary/aromatic N) is 4. The van der Waals surface area contributed by atoms with Gasteiger partial charge in [0.15, 0.2) is 10.0 Å². The summed E-state index contributed by atoms with van der Waals surface area (Å²) >= 11 is 3.27. The van der Waals surface area contributed by atoms with Crippen molar-refractivity contribution in [1.29, 1.82) is 0 Å². The van der Waals surface area contributed by atoms with Gasteiger partial charge in [0.25, 0.3) is 0 Å². The van der Waals surface area contributed by atoms with Crippen molar-refractivity contribution in [3.8, 4) is 10.0 Å². The lowest BCUT2D eigenvalue weighted by molar-refractivity contribution is 0.441. The molecule has 8 heteroatoms. The summed E-state index contributed by atoms with van der Waals surface area (Å²) < 4.78 is 0. The lowest BCUT2D eigenvalue weighted by Gasteiger charge is -2.18. The molecule has 0 fully saturated rings. The first-order valence-corrected chi connectivity index (χ1v) is 11.0. The summed E-state index contributed by atoms with van der Waals surface area (Å²) in [7, 11) is 0. The second kappa shape index (κ2) is 8.29. The molecule has 0 aliphatic rings. The first-order chi connectivity index (χ1) is 12.8. The van der Waals surface area contributed by atoms with E-state index in [2.05, 4.69) is 62.6 Å². The molecule has 0 aliphatic carbocycles. The molecule has 2 rings (SSSR count). The first kappa shape index (κ1) is 22.5. The highest BCUT2D eigenvalue weighted by Gasteiger charge is 2.18. The van der Waals surface area contributed by atoms with Crippen molar-refractivity contribution in [2.24, 2.45) is 10.2 Å². The minimum atomic E-state index is -0.0675. The Labute approximate surface area is 176 Å². The van der Waals surface area contributed by atoms with E-state index in [-0.39, 0.29) is 11.1 Å². The van der Waals surface area contributed by atoms with Gasteiger partial charge in [0, 0.05) is 11.1 Å². The fourth-order valence-electron chi connectivity index (χ4n) is 2.25. The van der Waals surface area contributed by atoms with Crippen LogP contribution in [0.2, 0.25) is 0 Å². The number of nitrogens with one attached hydrogen (secondary N) is 2. The lowest BCUT2D eigenvalue weighted by atomic mass is 10.1. The Hall–Kier alpha value is -1.80. The fraction of sp³-hybridized carbons (Fsp3) is 0.600. The number of hydrogen-bond acceptors (Lipinski definition) is 8. The predicted molar refractivity (Wildman–Crippen MR) is 123 cm³/mol. The molecule has 28 heavy (non-hydrogen) atoms. The average Bonchev–Trinajstić information content (AvgIpc) is 3.12. The molecule has 2 heterocycles. The van der Waals surface area contributed by atoms with Crippen LogP contribution >= 0.6 is 22.7 Å². The van der Waals surface area contributed by atoms with E-state index in [1.807, 2.05) is 27.7 Å². The van der Waals surface area contributed by atoms with Gasteiger partial charge in [-0.1, -0.05) is 0 Å². The Bertz CT molecular complexity index is 817. The van der Waals surface area contributed by atoms with Crippen LogP contribution in [0.15, 0.2) is 10.2 Å². The van der Waals surface area contributed by atoms with E-state index in [4.69, 9.17) is 9.97 Å². The Balaban J connectivity index is 2.31. The zero-order chi connectivity index (χ0) is 21.3. The Kier molecular flexibility index (Phi) is 6.66. The first-order valence-electron chi connectivity index (χ1n) is 9.36. The van der Waals surface area contributed by atoms with Crippen molar-refractivity contribution in [3.05, 3.63) is 21.1 Å². The molecule has 2 aromatic heterocycles. The van der Waals surface area contributed by atoms with Crippen LogP contribution in [-0.2, 0) is 0 Å². The van der Waals surface area contributed by atoms with Crippen molar-refractivity contribution in [1.82, 2.24) is 20.8 Å². The third kappa shape index (κ3) is 6.10. The summed E-state index contributed by atoms with van der Waals surface area (Å²) in [6, 6.07) is 0. The lowest BCUT2D eigenvalue weighted by Crippen LogP contribution is -2.32. The quantitative estimate of drug-likeness (QED) is 0.521. The van der Waals surface area contributed by atoms with Gasteiger partial charge in [0.1, 0.15) is 0 Å². The summed E-state index contributed by atoms with van der Waals surface area (Å²) in [5.74, 6) is 0. The van der Waals surface area contributed by atoms with Gasteiger partial charge in [-0.15, -0.1) is 22.7 Å². The van der Waals surface area contributed by atoms with Gasteiger partial charge >= 0.3 is 0 Å². The third-order valence-electron chi connectivity index (χ3n) is 3.55. The largest absolute Gasteiger partial charge is 0.305 e. The van der Waals surface area contributed by atoms with Gasteiger partial charge in [-0.2, -0.15) is 10.2 Å². The van der Waals surface area contributed by atoms with Crippen molar-refractivity contribution < 1.29 is 0 Å². The highest BCUT2D eigenvalue weighted by atomic mass is 32.1. The van der Waals surface area contributed by atoms with Gasteiger partial charge in [0.2, 0.25) is 0 Å². The molecule has 0 aromatic carbocycles. The molecule has 154 valence electrons. The number of aromatic nitrogens is 2. The van der Waals surface area contributed by atoms with E-state index in [1.54, 1.807) is 22.7 Å². The maximum Gasteiger partial charge on any atom is 0.153 e. The smallest absolute Gasteiger partial charge is 0.153 e. The molecule has 2 N–H and O–H groups in total. The molecule has 0 spiro atoms. The van der Waals surface area contributed by atoms with Crippen molar-refractivity contribution in [3.63, 3.8) is 0 Å². The molecule has 0 aliphatic heterocycles. The second-order valence-electron chi connectivity index (χ2n) is 8.99. The average molecular weight is 421 g/mol. The molecular weight excluding hydrogens is 388 g/mol. The molecule has 0 bridgehead atoms. The van der Waals surface area contributed by atoms with E-state index in [9.17, 15) is 0 Å². The SMILES string of the molecule is C/C(=N/NC(C)(C)C)c1sc(-c2nc(C)c(/C(C)=N/NC(C)(C)C)s2)nc1C. The highest BCUT2D eigenvalue weighted by molar-refractivity contribution is 7.23. The van der Waals surface area contributed by atoms with Gasteiger partial charge in [-0.25, -0.2) is 9.97 Å². The molecule has 0 saturated carbocycles. The Morgan fingerprint density at radius 2 is 1.04 bits per heavy atom. The monoisotopic (exact) mass is 420 g/mol. The number of hydrogen-bond donors (Lipinski definition) is 2. The normalized spacial score (nSPS) is 13.8. The van der Waals surface area contributed by atoms with E-state index < -0.39 is 0 Å². The van der Waals surface area contributed by atoms with Crippen LogP contribution in [-0.4, -0.2) is 32.5 Å². The van der Waals surface area contributed by atoms with Gasteiger partial charge in [-0.05, 0) is 69.2 Å². The summed E-state index contributed by atoms with van der Waals surface area (Å²) in [4.78, 5) is 11.7. The van der Waals surface area contributed by atoms with Crippen molar-refractivity contribution in [2.75, 3.05) is 0 Å². The Morgan fingerprint density at radius 3 is 1.32 bits per heavy atom. The van der Waals surface area contributed by atoms with E-state index in [1.165, 1.54) is 0 Å². The summed E-state index contributed by atoms with van der Waals surface area (Å²) in [5.41, 5.74) is 10.1. The van der Waals surface area contributed by atoms with Crippen LogP contribution in [0.4, 0.5) is 0 Å². The molecule has 2 aromatic rings. The van der Waals surface area contributed by atoms with Gasteiger partial charge < -0.3 is 10.9 Å². The van der Waals surface area contributed by atoms with E-state index >= 15 is 0 Å². The number of hydrazone groups is 2. The third-order valence-corrected chi connectivity index (χ3v) is 6.23. The minimum absolute atomic E-state index is 0.0675.